The first-order chi connectivity index (χ1) is 9.85. The Morgan fingerprint density at radius 3 is 2.52 bits per heavy atom. The van der Waals surface area contributed by atoms with Gasteiger partial charge in [-0.2, -0.15) is 0 Å². The van der Waals surface area contributed by atoms with E-state index in [4.69, 9.17) is 5.14 Å². The van der Waals surface area contributed by atoms with Crippen LogP contribution in [-0.2, 0) is 22.3 Å². The average molecular weight is 325 g/mol. The van der Waals surface area contributed by atoms with Crippen LogP contribution < -0.4 is 10.5 Å². The monoisotopic (exact) mass is 325 g/mol. The summed E-state index contributed by atoms with van der Waals surface area (Å²) in [6.45, 7) is 4.78. The molecule has 0 atom stereocenters. The Morgan fingerprint density at radius 2 is 1.95 bits per heavy atom. The summed E-state index contributed by atoms with van der Waals surface area (Å²) in [5.41, 5.74) is 1.81. The molecule has 1 aromatic heterocycles. The molecule has 114 valence electrons. The molecule has 5 nitrogen and oxygen atoms in total. The molecule has 0 aliphatic carbocycles. The number of aromatic nitrogens is 1. The molecular weight excluding hydrogens is 306 g/mol. The van der Waals surface area contributed by atoms with Crippen molar-refractivity contribution >= 4 is 21.4 Å². The van der Waals surface area contributed by atoms with Gasteiger partial charge in [-0.15, -0.1) is 11.3 Å². The van der Waals surface area contributed by atoms with E-state index in [1.807, 2.05) is 30.3 Å². The molecule has 2 rings (SSSR count). The molecule has 0 bridgehead atoms. The molecule has 0 aliphatic rings. The summed E-state index contributed by atoms with van der Waals surface area (Å²) in [7, 11) is -3.57. The second kappa shape index (κ2) is 6.65. The average Bonchev–Trinajstić information content (AvgIpc) is 2.78. The van der Waals surface area contributed by atoms with Crippen molar-refractivity contribution in [2.75, 3.05) is 0 Å². The van der Waals surface area contributed by atoms with Crippen LogP contribution >= 0.6 is 11.3 Å². The molecule has 0 saturated carbocycles. The van der Waals surface area contributed by atoms with Gasteiger partial charge in [0.1, 0.15) is 10.8 Å². The Hall–Kier alpha value is -1.28. The minimum atomic E-state index is -3.57. The summed E-state index contributed by atoms with van der Waals surface area (Å²) < 4.78 is 22.5. The van der Waals surface area contributed by atoms with Gasteiger partial charge in [0.05, 0.1) is 5.69 Å². The van der Waals surface area contributed by atoms with Gasteiger partial charge >= 0.3 is 0 Å². The van der Waals surface area contributed by atoms with E-state index in [0.717, 1.165) is 16.1 Å². The zero-order valence-electron chi connectivity index (χ0n) is 12.0. The van der Waals surface area contributed by atoms with Gasteiger partial charge < -0.3 is 5.32 Å². The molecule has 0 aliphatic heterocycles. The molecular formula is C14H19N3O2S2. The minimum absolute atomic E-state index is 0.223. The molecule has 3 N–H and O–H groups in total. The SMILES string of the molecule is CC(C)NCc1sc(CS(N)(=O)=O)nc1-c1ccccc1. The lowest BCUT2D eigenvalue weighted by Gasteiger charge is -2.07. The molecule has 0 fully saturated rings. The smallest absolute Gasteiger partial charge is 0.215 e. The van der Waals surface area contributed by atoms with E-state index < -0.39 is 10.0 Å². The Kier molecular flexibility index (Phi) is 5.10. The highest BCUT2D eigenvalue weighted by atomic mass is 32.2. The second-order valence-electron chi connectivity index (χ2n) is 5.09. The number of sulfonamides is 1. The Morgan fingerprint density at radius 1 is 1.29 bits per heavy atom. The van der Waals surface area contributed by atoms with E-state index in [1.54, 1.807) is 0 Å². The number of nitrogens with one attached hydrogen (secondary N) is 1. The number of rotatable bonds is 6. The molecule has 1 aromatic carbocycles. The highest BCUT2D eigenvalue weighted by Crippen LogP contribution is 2.29. The predicted molar refractivity (Wildman–Crippen MR) is 86.3 cm³/mol. The van der Waals surface area contributed by atoms with Crippen LogP contribution in [0.3, 0.4) is 0 Å². The standard InChI is InChI=1S/C14H19N3O2S2/c1-10(2)16-8-12-14(11-6-4-3-5-7-11)17-13(20-12)9-21(15,18)19/h3-7,10,16H,8-9H2,1-2H3,(H2,15,18,19). The number of benzene rings is 1. The second-order valence-corrected chi connectivity index (χ2v) is 7.87. The Labute approximate surface area is 129 Å². The quantitative estimate of drug-likeness (QED) is 0.851. The fourth-order valence-corrected chi connectivity index (χ4v) is 3.85. The summed E-state index contributed by atoms with van der Waals surface area (Å²) in [5, 5.41) is 8.97. The fourth-order valence-electron chi connectivity index (χ4n) is 1.87. The van der Waals surface area contributed by atoms with Crippen molar-refractivity contribution in [3.8, 4) is 11.3 Å². The van der Waals surface area contributed by atoms with Crippen molar-refractivity contribution in [2.45, 2.75) is 32.2 Å². The van der Waals surface area contributed by atoms with Crippen LogP contribution in [0.15, 0.2) is 30.3 Å². The van der Waals surface area contributed by atoms with Crippen molar-refractivity contribution in [1.82, 2.24) is 10.3 Å². The predicted octanol–water partition coefficient (Wildman–Crippen LogP) is 2.10. The number of hydrogen-bond donors (Lipinski definition) is 2. The molecule has 7 heteroatoms. The molecule has 0 unspecified atom stereocenters. The molecule has 0 spiro atoms. The molecule has 0 saturated heterocycles. The third kappa shape index (κ3) is 4.89. The minimum Gasteiger partial charge on any atom is -0.310 e. The van der Waals surface area contributed by atoms with Crippen LogP contribution in [-0.4, -0.2) is 19.4 Å². The van der Waals surface area contributed by atoms with Crippen LogP contribution in [0, 0.1) is 0 Å². The van der Waals surface area contributed by atoms with E-state index in [2.05, 4.69) is 24.1 Å². The highest BCUT2D eigenvalue weighted by Gasteiger charge is 2.16. The lowest BCUT2D eigenvalue weighted by Crippen LogP contribution is -2.21. The lowest BCUT2D eigenvalue weighted by molar-refractivity contribution is 0.593. The van der Waals surface area contributed by atoms with Gasteiger partial charge in [0.25, 0.3) is 0 Å². The Bertz CT molecular complexity index is 694. The maximum absolute atomic E-state index is 11.3. The highest BCUT2D eigenvalue weighted by molar-refractivity contribution is 7.88. The molecule has 1 heterocycles. The number of primary sulfonamides is 1. The van der Waals surface area contributed by atoms with E-state index in [-0.39, 0.29) is 5.75 Å². The number of hydrogen-bond acceptors (Lipinski definition) is 5. The summed E-state index contributed by atoms with van der Waals surface area (Å²) in [6, 6.07) is 10.1. The van der Waals surface area contributed by atoms with Crippen molar-refractivity contribution in [1.29, 1.82) is 0 Å². The first-order valence-electron chi connectivity index (χ1n) is 6.63. The summed E-state index contributed by atoms with van der Waals surface area (Å²) >= 11 is 1.39. The van der Waals surface area contributed by atoms with Crippen molar-refractivity contribution in [3.63, 3.8) is 0 Å². The van der Waals surface area contributed by atoms with E-state index in [0.29, 0.717) is 17.6 Å². The maximum atomic E-state index is 11.3. The van der Waals surface area contributed by atoms with Crippen LogP contribution in [0.1, 0.15) is 23.7 Å². The van der Waals surface area contributed by atoms with Crippen LogP contribution in [0.2, 0.25) is 0 Å². The maximum Gasteiger partial charge on any atom is 0.215 e. The molecule has 0 radical (unpaired) electrons. The van der Waals surface area contributed by atoms with Gasteiger partial charge in [-0.05, 0) is 0 Å². The van der Waals surface area contributed by atoms with E-state index in [9.17, 15) is 8.42 Å². The molecule has 21 heavy (non-hydrogen) atoms. The van der Waals surface area contributed by atoms with Crippen molar-refractivity contribution in [3.05, 3.63) is 40.2 Å². The number of nitrogens with two attached hydrogens (primary N) is 1. The van der Waals surface area contributed by atoms with Gasteiger partial charge in [0.2, 0.25) is 10.0 Å². The number of thiazole rings is 1. The van der Waals surface area contributed by atoms with Gasteiger partial charge in [-0.1, -0.05) is 44.2 Å². The van der Waals surface area contributed by atoms with Gasteiger partial charge in [-0.25, -0.2) is 18.5 Å². The van der Waals surface area contributed by atoms with Gasteiger partial charge in [0.15, 0.2) is 0 Å². The van der Waals surface area contributed by atoms with Crippen LogP contribution in [0.4, 0.5) is 0 Å². The first kappa shape index (κ1) is 16.1. The summed E-state index contributed by atoms with van der Waals surface area (Å²) in [4.78, 5) is 5.48. The van der Waals surface area contributed by atoms with E-state index in [1.165, 1.54) is 11.3 Å². The zero-order valence-corrected chi connectivity index (χ0v) is 13.7. The van der Waals surface area contributed by atoms with E-state index >= 15 is 0 Å². The third-order valence-electron chi connectivity index (χ3n) is 2.78. The van der Waals surface area contributed by atoms with Gasteiger partial charge in [0, 0.05) is 23.0 Å². The lowest BCUT2D eigenvalue weighted by atomic mass is 10.1. The fraction of sp³-hybridized carbons (Fsp3) is 0.357. The molecule has 0 amide bonds. The summed E-state index contributed by atoms with van der Waals surface area (Å²) in [6.07, 6.45) is 0. The summed E-state index contributed by atoms with van der Waals surface area (Å²) in [5.74, 6) is -0.223. The zero-order chi connectivity index (χ0) is 15.5. The largest absolute Gasteiger partial charge is 0.310 e. The Balaban J connectivity index is 2.36. The molecule has 2 aromatic rings. The van der Waals surface area contributed by atoms with Crippen LogP contribution in [0.5, 0.6) is 0 Å². The topological polar surface area (TPSA) is 85.1 Å². The normalized spacial score (nSPS) is 12.0. The van der Waals surface area contributed by atoms with Crippen LogP contribution in [0.25, 0.3) is 11.3 Å². The third-order valence-corrected chi connectivity index (χ3v) is 4.70. The van der Waals surface area contributed by atoms with Crippen molar-refractivity contribution in [2.24, 2.45) is 5.14 Å². The number of nitrogens with zero attached hydrogens (tertiary/aromatic N) is 1. The van der Waals surface area contributed by atoms with Crippen molar-refractivity contribution < 1.29 is 8.42 Å². The first-order valence-corrected chi connectivity index (χ1v) is 9.16. The van der Waals surface area contributed by atoms with Gasteiger partial charge in [-0.3, -0.25) is 0 Å².